The lowest BCUT2D eigenvalue weighted by molar-refractivity contribution is -0.0697. The summed E-state index contributed by atoms with van der Waals surface area (Å²) in [5.74, 6) is 0. The average Bonchev–Trinajstić information content (AvgIpc) is 2.20. The van der Waals surface area contributed by atoms with Gasteiger partial charge >= 0.3 is 0 Å². The second kappa shape index (κ2) is 4.19. The molecule has 1 fully saturated rings. The van der Waals surface area contributed by atoms with Gasteiger partial charge in [0.15, 0.2) is 0 Å². The monoisotopic (exact) mass is 199 g/mol. The lowest BCUT2D eigenvalue weighted by atomic mass is 9.94. The summed E-state index contributed by atoms with van der Waals surface area (Å²) < 4.78 is 6.02. The van der Waals surface area contributed by atoms with E-state index in [2.05, 4.69) is 39.9 Å². The fraction of sp³-hybridized carbons (Fsp3) is 1.00. The predicted octanol–water partition coefficient (Wildman–Crippen LogP) is 2.72. The molecule has 0 aliphatic carbocycles. The Morgan fingerprint density at radius 2 is 1.93 bits per heavy atom. The molecule has 2 nitrogen and oxygen atoms in total. The van der Waals surface area contributed by atoms with Crippen molar-refractivity contribution in [3.05, 3.63) is 0 Å². The fourth-order valence-electron chi connectivity index (χ4n) is 2.33. The SMILES string of the molecule is CCCCNC1CC(C)(C)OC1(C)C. The van der Waals surface area contributed by atoms with Crippen molar-refractivity contribution in [2.75, 3.05) is 6.54 Å². The number of unbranched alkanes of at least 4 members (excludes halogenated alkanes) is 1. The summed E-state index contributed by atoms with van der Waals surface area (Å²) in [5, 5.41) is 3.60. The van der Waals surface area contributed by atoms with Crippen molar-refractivity contribution in [1.82, 2.24) is 5.32 Å². The Morgan fingerprint density at radius 1 is 1.29 bits per heavy atom. The van der Waals surface area contributed by atoms with Crippen LogP contribution in [0.15, 0.2) is 0 Å². The van der Waals surface area contributed by atoms with Gasteiger partial charge in [0.1, 0.15) is 0 Å². The first kappa shape index (κ1) is 12.0. The minimum atomic E-state index is -0.0166. The van der Waals surface area contributed by atoms with Crippen LogP contribution in [0.5, 0.6) is 0 Å². The van der Waals surface area contributed by atoms with Crippen LogP contribution in [-0.2, 0) is 4.74 Å². The van der Waals surface area contributed by atoms with E-state index in [1.807, 2.05) is 0 Å². The van der Waals surface area contributed by atoms with Crippen molar-refractivity contribution in [2.45, 2.75) is 71.1 Å². The number of rotatable bonds is 4. The first-order chi connectivity index (χ1) is 6.37. The third-order valence-electron chi connectivity index (χ3n) is 3.00. The summed E-state index contributed by atoms with van der Waals surface area (Å²) in [7, 11) is 0. The van der Waals surface area contributed by atoms with Crippen LogP contribution in [0.1, 0.15) is 53.9 Å². The van der Waals surface area contributed by atoms with Crippen molar-refractivity contribution in [3.8, 4) is 0 Å². The Balaban J connectivity index is 2.44. The Labute approximate surface area is 88.4 Å². The van der Waals surface area contributed by atoms with Crippen molar-refractivity contribution in [3.63, 3.8) is 0 Å². The van der Waals surface area contributed by atoms with Crippen molar-refractivity contribution < 1.29 is 4.74 Å². The van der Waals surface area contributed by atoms with E-state index in [0.717, 1.165) is 13.0 Å². The standard InChI is InChI=1S/C12H25NO/c1-6-7-8-13-10-9-11(2,3)14-12(10,4)5/h10,13H,6-9H2,1-5H3. The topological polar surface area (TPSA) is 21.3 Å². The van der Waals surface area contributed by atoms with Crippen LogP contribution in [0, 0.1) is 0 Å². The molecule has 1 rings (SSSR count). The highest BCUT2D eigenvalue weighted by Crippen LogP contribution is 2.37. The smallest absolute Gasteiger partial charge is 0.0787 e. The van der Waals surface area contributed by atoms with Crippen molar-refractivity contribution >= 4 is 0 Å². The molecule has 1 saturated heterocycles. The molecule has 2 heteroatoms. The molecule has 0 aromatic heterocycles. The molecule has 84 valence electrons. The van der Waals surface area contributed by atoms with Crippen molar-refractivity contribution in [2.24, 2.45) is 0 Å². The lowest BCUT2D eigenvalue weighted by Gasteiger charge is -2.27. The first-order valence-corrected chi connectivity index (χ1v) is 5.81. The zero-order valence-electron chi connectivity index (χ0n) is 10.3. The number of ether oxygens (including phenoxy) is 1. The van der Waals surface area contributed by atoms with Crippen LogP contribution >= 0.6 is 0 Å². The van der Waals surface area contributed by atoms with Gasteiger partial charge in [-0.05, 0) is 47.1 Å². The van der Waals surface area contributed by atoms with E-state index in [-0.39, 0.29) is 11.2 Å². The largest absolute Gasteiger partial charge is 0.368 e. The van der Waals surface area contributed by atoms with Gasteiger partial charge in [0.05, 0.1) is 11.2 Å². The predicted molar refractivity (Wildman–Crippen MR) is 60.6 cm³/mol. The molecular weight excluding hydrogens is 174 g/mol. The number of hydrogen-bond donors (Lipinski definition) is 1. The second-order valence-electron chi connectivity index (χ2n) is 5.53. The van der Waals surface area contributed by atoms with Gasteiger partial charge in [0, 0.05) is 6.04 Å². The highest BCUT2D eigenvalue weighted by Gasteiger charge is 2.45. The van der Waals surface area contributed by atoms with Crippen LogP contribution in [0.2, 0.25) is 0 Å². The van der Waals surface area contributed by atoms with Gasteiger partial charge < -0.3 is 10.1 Å². The van der Waals surface area contributed by atoms with Crippen LogP contribution in [0.4, 0.5) is 0 Å². The average molecular weight is 199 g/mol. The van der Waals surface area contributed by atoms with Gasteiger partial charge in [0.25, 0.3) is 0 Å². The van der Waals surface area contributed by atoms with Gasteiger partial charge in [-0.1, -0.05) is 13.3 Å². The van der Waals surface area contributed by atoms with E-state index >= 15 is 0 Å². The molecule has 14 heavy (non-hydrogen) atoms. The van der Waals surface area contributed by atoms with E-state index in [4.69, 9.17) is 4.74 Å². The van der Waals surface area contributed by atoms with Crippen LogP contribution < -0.4 is 5.32 Å². The molecule has 1 atom stereocenters. The lowest BCUT2D eigenvalue weighted by Crippen LogP contribution is -2.43. The molecule has 0 saturated carbocycles. The van der Waals surface area contributed by atoms with E-state index in [1.54, 1.807) is 0 Å². The van der Waals surface area contributed by atoms with E-state index < -0.39 is 0 Å². The van der Waals surface area contributed by atoms with Crippen LogP contribution in [0.3, 0.4) is 0 Å². The minimum Gasteiger partial charge on any atom is -0.368 e. The third kappa shape index (κ3) is 2.96. The maximum Gasteiger partial charge on any atom is 0.0787 e. The van der Waals surface area contributed by atoms with Gasteiger partial charge in [-0.2, -0.15) is 0 Å². The third-order valence-corrected chi connectivity index (χ3v) is 3.00. The summed E-state index contributed by atoms with van der Waals surface area (Å²) in [6.45, 7) is 12.1. The minimum absolute atomic E-state index is 0.0166. The van der Waals surface area contributed by atoms with Crippen molar-refractivity contribution in [1.29, 1.82) is 0 Å². The van der Waals surface area contributed by atoms with Crippen LogP contribution in [0.25, 0.3) is 0 Å². The molecule has 0 radical (unpaired) electrons. The maximum atomic E-state index is 6.02. The Bertz CT molecular complexity index is 187. The van der Waals surface area contributed by atoms with E-state index in [9.17, 15) is 0 Å². The van der Waals surface area contributed by atoms with Crippen LogP contribution in [-0.4, -0.2) is 23.8 Å². The molecule has 0 spiro atoms. The molecular formula is C12H25NO. The molecule has 1 aliphatic heterocycles. The summed E-state index contributed by atoms with van der Waals surface area (Å²) in [6, 6.07) is 0.504. The summed E-state index contributed by atoms with van der Waals surface area (Å²) in [4.78, 5) is 0. The normalized spacial score (nSPS) is 29.4. The number of hydrogen-bond acceptors (Lipinski definition) is 2. The quantitative estimate of drug-likeness (QED) is 0.703. The first-order valence-electron chi connectivity index (χ1n) is 5.81. The zero-order chi connectivity index (χ0) is 10.8. The Kier molecular flexibility index (Phi) is 3.59. The molecule has 1 N–H and O–H groups in total. The van der Waals surface area contributed by atoms with E-state index in [0.29, 0.717) is 6.04 Å². The van der Waals surface area contributed by atoms with Gasteiger partial charge in [-0.25, -0.2) is 0 Å². The summed E-state index contributed by atoms with van der Waals surface area (Å²) >= 11 is 0. The van der Waals surface area contributed by atoms with Gasteiger partial charge in [-0.15, -0.1) is 0 Å². The second-order valence-corrected chi connectivity index (χ2v) is 5.53. The molecule has 0 amide bonds. The summed E-state index contributed by atoms with van der Waals surface area (Å²) in [6.07, 6.45) is 3.63. The number of nitrogens with one attached hydrogen (secondary N) is 1. The molecule has 0 aromatic rings. The Hall–Kier alpha value is -0.0800. The zero-order valence-corrected chi connectivity index (χ0v) is 10.3. The fourth-order valence-corrected chi connectivity index (χ4v) is 2.33. The molecule has 1 aliphatic rings. The maximum absolute atomic E-state index is 6.02. The molecule has 1 unspecified atom stereocenters. The molecule has 0 bridgehead atoms. The van der Waals surface area contributed by atoms with Gasteiger partial charge in [0.2, 0.25) is 0 Å². The van der Waals surface area contributed by atoms with Gasteiger partial charge in [-0.3, -0.25) is 0 Å². The Morgan fingerprint density at radius 3 is 2.36 bits per heavy atom. The molecule has 1 heterocycles. The molecule has 0 aromatic carbocycles. The highest BCUT2D eigenvalue weighted by molar-refractivity contribution is 4.98. The highest BCUT2D eigenvalue weighted by atomic mass is 16.5. The van der Waals surface area contributed by atoms with E-state index in [1.165, 1.54) is 12.8 Å². The summed E-state index contributed by atoms with van der Waals surface area (Å²) in [5.41, 5.74) is 0.0185.